The van der Waals surface area contributed by atoms with E-state index in [0.29, 0.717) is 15.6 Å². The summed E-state index contributed by atoms with van der Waals surface area (Å²) in [7, 11) is -3.88. The van der Waals surface area contributed by atoms with Crippen LogP contribution in [0.2, 0.25) is 10.0 Å². The monoisotopic (exact) mass is 679 g/mol. The second-order valence-corrected chi connectivity index (χ2v) is 14.1. The lowest BCUT2D eigenvalue weighted by atomic mass is 9.94. The van der Waals surface area contributed by atoms with Crippen molar-refractivity contribution in [3.8, 4) is 0 Å². The summed E-state index contributed by atoms with van der Waals surface area (Å²) < 4.78 is 53.5. The number of hydrogen-bond donors (Lipinski definition) is 1. The van der Waals surface area contributed by atoms with Gasteiger partial charge in [-0.3, -0.25) is 13.9 Å². The van der Waals surface area contributed by atoms with Crippen LogP contribution in [-0.2, 0) is 32.6 Å². The third-order valence-electron chi connectivity index (χ3n) is 7.90. The number of benzene rings is 3. The van der Waals surface area contributed by atoms with Crippen molar-refractivity contribution in [3.63, 3.8) is 0 Å². The molecule has 4 rings (SSSR count). The maximum Gasteiger partial charge on any atom is 0.243 e. The van der Waals surface area contributed by atoms with Crippen molar-refractivity contribution in [1.29, 1.82) is 0 Å². The highest BCUT2D eigenvalue weighted by molar-refractivity contribution is 7.92. The molecule has 0 aromatic heterocycles. The smallest absolute Gasteiger partial charge is 0.243 e. The van der Waals surface area contributed by atoms with E-state index >= 15 is 0 Å². The SMILES string of the molecule is CS(=O)(=O)N(CCCC(=O)N(Cc1ccc(Cl)c(Cl)c1)C(Cc1ccccc1)C(=O)NC1CCCCC1)c1ccc(F)c(F)c1. The predicted molar refractivity (Wildman–Crippen MR) is 174 cm³/mol. The topological polar surface area (TPSA) is 86.8 Å². The Bertz CT molecular complexity index is 1590. The van der Waals surface area contributed by atoms with Crippen LogP contribution >= 0.6 is 23.2 Å². The van der Waals surface area contributed by atoms with Crippen LogP contribution in [0.25, 0.3) is 0 Å². The summed E-state index contributed by atoms with van der Waals surface area (Å²) in [5, 5.41) is 3.84. The Morgan fingerprint density at radius 1 is 0.911 bits per heavy atom. The third-order valence-corrected chi connectivity index (χ3v) is 9.84. The van der Waals surface area contributed by atoms with E-state index in [1.807, 2.05) is 30.3 Å². The van der Waals surface area contributed by atoms with Crippen LogP contribution in [0.4, 0.5) is 14.5 Å². The van der Waals surface area contributed by atoms with Crippen LogP contribution in [0.15, 0.2) is 66.7 Å². The Hall–Kier alpha value is -3.21. The zero-order valence-electron chi connectivity index (χ0n) is 25.0. The van der Waals surface area contributed by atoms with Gasteiger partial charge >= 0.3 is 0 Å². The largest absolute Gasteiger partial charge is 0.352 e. The number of carbonyl (C=O) groups excluding carboxylic acids is 2. The fraction of sp³-hybridized carbons (Fsp3) is 0.394. The van der Waals surface area contributed by atoms with E-state index < -0.39 is 27.7 Å². The molecule has 3 aromatic rings. The Balaban J connectivity index is 1.61. The molecule has 7 nitrogen and oxygen atoms in total. The van der Waals surface area contributed by atoms with Gasteiger partial charge < -0.3 is 10.2 Å². The highest BCUT2D eigenvalue weighted by Gasteiger charge is 2.32. The molecule has 2 amide bonds. The lowest BCUT2D eigenvalue weighted by Gasteiger charge is -2.34. The highest BCUT2D eigenvalue weighted by Crippen LogP contribution is 2.26. The van der Waals surface area contributed by atoms with Crippen LogP contribution in [0.5, 0.6) is 0 Å². The first kappa shape index (κ1) is 34.7. The second kappa shape index (κ2) is 15.9. The summed E-state index contributed by atoms with van der Waals surface area (Å²) in [6.07, 6.45) is 6.07. The van der Waals surface area contributed by atoms with Gasteiger partial charge in [0, 0.05) is 38.0 Å². The van der Waals surface area contributed by atoms with Crippen molar-refractivity contribution in [2.24, 2.45) is 0 Å². The molecular weight excluding hydrogens is 643 g/mol. The van der Waals surface area contributed by atoms with Crippen LogP contribution < -0.4 is 9.62 Å². The van der Waals surface area contributed by atoms with Gasteiger partial charge in [-0.2, -0.15) is 0 Å². The molecule has 1 atom stereocenters. The van der Waals surface area contributed by atoms with Crippen molar-refractivity contribution in [1.82, 2.24) is 10.2 Å². The molecule has 0 heterocycles. The average Bonchev–Trinajstić information content (AvgIpc) is 3.00. The minimum absolute atomic E-state index is 0.0193. The normalized spacial score (nSPS) is 14.5. The van der Waals surface area contributed by atoms with Crippen molar-refractivity contribution in [2.45, 2.75) is 70.0 Å². The Labute approximate surface area is 273 Å². The Kier molecular flexibility index (Phi) is 12.2. The Morgan fingerprint density at radius 2 is 1.62 bits per heavy atom. The van der Waals surface area contributed by atoms with E-state index in [4.69, 9.17) is 23.2 Å². The van der Waals surface area contributed by atoms with Gasteiger partial charge in [0.25, 0.3) is 0 Å². The minimum Gasteiger partial charge on any atom is -0.352 e. The van der Waals surface area contributed by atoms with E-state index in [1.54, 1.807) is 18.2 Å². The molecule has 0 aliphatic heterocycles. The minimum atomic E-state index is -3.88. The number of sulfonamides is 1. The van der Waals surface area contributed by atoms with Gasteiger partial charge in [0.2, 0.25) is 21.8 Å². The molecule has 1 aliphatic rings. The molecule has 0 radical (unpaired) electrons. The van der Waals surface area contributed by atoms with Gasteiger partial charge in [-0.1, -0.05) is 78.9 Å². The second-order valence-electron chi connectivity index (χ2n) is 11.4. The number of rotatable bonds is 13. The molecule has 0 bridgehead atoms. The third kappa shape index (κ3) is 9.89. The average molecular weight is 681 g/mol. The van der Waals surface area contributed by atoms with E-state index in [2.05, 4.69) is 5.32 Å². The summed E-state index contributed by atoms with van der Waals surface area (Å²) in [4.78, 5) is 29.4. The van der Waals surface area contributed by atoms with Crippen molar-refractivity contribution < 1.29 is 26.8 Å². The molecule has 0 spiro atoms. The first-order valence-electron chi connectivity index (χ1n) is 14.9. The summed E-state index contributed by atoms with van der Waals surface area (Å²) in [5.74, 6) is -2.92. The molecule has 242 valence electrons. The van der Waals surface area contributed by atoms with Gasteiger partial charge in [0.15, 0.2) is 11.6 Å². The first-order valence-corrected chi connectivity index (χ1v) is 17.5. The quantitative estimate of drug-likeness (QED) is 0.213. The lowest BCUT2D eigenvalue weighted by molar-refractivity contribution is -0.141. The van der Waals surface area contributed by atoms with Gasteiger partial charge in [-0.05, 0) is 54.7 Å². The van der Waals surface area contributed by atoms with Crippen LogP contribution in [0, 0.1) is 11.6 Å². The fourth-order valence-corrected chi connectivity index (χ4v) is 6.85. The van der Waals surface area contributed by atoms with Gasteiger partial charge in [0.05, 0.1) is 22.0 Å². The molecule has 1 unspecified atom stereocenters. The Morgan fingerprint density at radius 3 is 2.27 bits per heavy atom. The zero-order valence-corrected chi connectivity index (χ0v) is 27.4. The molecular formula is C33H37Cl2F2N3O4S. The van der Waals surface area contributed by atoms with Crippen LogP contribution in [-0.4, -0.2) is 50.0 Å². The summed E-state index contributed by atoms with van der Waals surface area (Å²) in [5.41, 5.74) is 1.49. The zero-order chi connectivity index (χ0) is 32.6. The molecule has 1 fully saturated rings. The van der Waals surface area contributed by atoms with Crippen molar-refractivity contribution >= 4 is 50.7 Å². The maximum absolute atomic E-state index is 14.0. The predicted octanol–water partition coefficient (Wildman–Crippen LogP) is 6.91. The van der Waals surface area contributed by atoms with E-state index in [0.717, 1.165) is 60.4 Å². The number of amides is 2. The standard InChI is InChI=1S/C33H37Cl2F2N3O4S/c1-45(43,44)40(26-15-17-29(36)30(37)21-26)18-8-13-32(41)39(22-24-14-16-27(34)28(35)19-24)31(20-23-9-4-2-5-10-23)33(42)38-25-11-6-3-7-12-25/h2,4-5,9-10,14-17,19,21,25,31H,3,6-8,11-13,18,20,22H2,1H3,(H,38,42). The molecule has 1 aliphatic carbocycles. The molecule has 1 saturated carbocycles. The van der Waals surface area contributed by atoms with Gasteiger partial charge in [0.1, 0.15) is 6.04 Å². The highest BCUT2D eigenvalue weighted by atomic mass is 35.5. The molecule has 45 heavy (non-hydrogen) atoms. The number of nitrogens with one attached hydrogen (secondary N) is 1. The van der Waals surface area contributed by atoms with E-state index in [-0.39, 0.29) is 55.9 Å². The summed E-state index contributed by atoms with van der Waals surface area (Å²) in [6.45, 7) is -0.0991. The number of carbonyl (C=O) groups is 2. The molecule has 12 heteroatoms. The molecule has 3 aromatic carbocycles. The lowest BCUT2D eigenvalue weighted by Crippen LogP contribution is -2.52. The molecule has 1 N–H and O–H groups in total. The number of halogens is 4. The number of nitrogens with zero attached hydrogens (tertiary/aromatic N) is 2. The summed E-state index contributed by atoms with van der Waals surface area (Å²) >= 11 is 12.4. The fourth-order valence-electron chi connectivity index (χ4n) is 5.58. The molecule has 0 saturated heterocycles. The van der Waals surface area contributed by atoms with Gasteiger partial charge in [-0.25, -0.2) is 17.2 Å². The summed E-state index contributed by atoms with van der Waals surface area (Å²) in [6, 6.07) is 16.4. The van der Waals surface area contributed by atoms with Crippen molar-refractivity contribution in [3.05, 3.63) is 99.5 Å². The number of hydrogen-bond acceptors (Lipinski definition) is 4. The van der Waals surface area contributed by atoms with Crippen LogP contribution in [0.3, 0.4) is 0 Å². The van der Waals surface area contributed by atoms with E-state index in [1.165, 1.54) is 11.0 Å². The van der Waals surface area contributed by atoms with E-state index in [9.17, 15) is 26.8 Å². The maximum atomic E-state index is 14.0. The first-order chi connectivity index (χ1) is 21.4. The van der Waals surface area contributed by atoms with Crippen molar-refractivity contribution in [2.75, 3.05) is 17.1 Å². The number of anilines is 1. The van der Waals surface area contributed by atoms with Gasteiger partial charge in [-0.15, -0.1) is 0 Å². The van der Waals surface area contributed by atoms with Crippen LogP contribution in [0.1, 0.15) is 56.1 Å².